The van der Waals surface area contributed by atoms with Crippen LogP contribution in [0, 0.1) is 0 Å². The largest absolute Gasteiger partial charge is 0.496 e. The smallest absolute Gasteiger partial charge is 0.180 e. The Morgan fingerprint density at radius 2 is 2.24 bits per heavy atom. The molecule has 0 aliphatic carbocycles. The topological polar surface area (TPSA) is 68.4 Å². The van der Waals surface area contributed by atoms with Crippen molar-refractivity contribution in [3.63, 3.8) is 0 Å². The summed E-state index contributed by atoms with van der Waals surface area (Å²) in [6, 6.07) is 5.61. The van der Waals surface area contributed by atoms with Crippen molar-refractivity contribution in [3.05, 3.63) is 29.1 Å². The number of hydrogen-bond acceptors (Lipinski definition) is 5. The van der Waals surface area contributed by atoms with E-state index in [0.29, 0.717) is 10.9 Å². The minimum Gasteiger partial charge on any atom is -0.496 e. The highest BCUT2D eigenvalue weighted by molar-refractivity contribution is 7.13. The van der Waals surface area contributed by atoms with Gasteiger partial charge in [-0.15, -0.1) is 11.3 Å². The molecule has 1 unspecified atom stereocenters. The van der Waals surface area contributed by atoms with Crippen molar-refractivity contribution in [2.24, 2.45) is 0 Å². The Balaban J connectivity index is 2.58. The first kappa shape index (κ1) is 11.9. The SMILES string of the molecule is COc1c(-c2csc(N)n2)cccc1C(C)O. The molecular formula is C12H14N2O2S. The molecule has 0 bridgehead atoms. The quantitative estimate of drug-likeness (QED) is 0.878. The second-order valence-corrected chi connectivity index (χ2v) is 4.56. The Morgan fingerprint density at radius 3 is 2.76 bits per heavy atom. The van der Waals surface area contributed by atoms with Crippen molar-refractivity contribution in [2.45, 2.75) is 13.0 Å². The third-order valence-corrected chi connectivity index (χ3v) is 3.17. The lowest BCUT2D eigenvalue weighted by Crippen LogP contribution is -1.98. The number of nitrogen functional groups attached to an aromatic ring is 1. The molecule has 0 radical (unpaired) electrons. The van der Waals surface area contributed by atoms with Gasteiger partial charge in [0.15, 0.2) is 5.13 Å². The molecule has 0 aliphatic rings. The predicted octanol–water partition coefficient (Wildman–Crippen LogP) is 2.45. The Kier molecular flexibility index (Phi) is 3.31. The Morgan fingerprint density at radius 1 is 1.47 bits per heavy atom. The zero-order valence-corrected chi connectivity index (χ0v) is 10.5. The number of para-hydroxylation sites is 1. The van der Waals surface area contributed by atoms with E-state index in [0.717, 1.165) is 16.8 Å². The molecule has 0 saturated carbocycles. The molecule has 17 heavy (non-hydrogen) atoms. The monoisotopic (exact) mass is 250 g/mol. The third-order valence-electron chi connectivity index (χ3n) is 2.50. The maximum absolute atomic E-state index is 9.69. The number of methoxy groups -OCH3 is 1. The van der Waals surface area contributed by atoms with E-state index in [1.54, 1.807) is 14.0 Å². The van der Waals surface area contributed by atoms with Crippen molar-refractivity contribution in [3.8, 4) is 17.0 Å². The van der Waals surface area contributed by atoms with E-state index in [9.17, 15) is 5.11 Å². The van der Waals surface area contributed by atoms with E-state index in [2.05, 4.69) is 4.98 Å². The maximum Gasteiger partial charge on any atom is 0.180 e. The first-order valence-electron chi connectivity index (χ1n) is 5.20. The van der Waals surface area contributed by atoms with E-state index >= 15 is 0 Å². The molecule has 4 nitrogen and oxygen atoms in total. The molecule has 1 atom stereocenters. The number of rotatable bonds is 3. The minimum atomic E-state index is -0.583. The average Bonchev–Trinajstić information content (AvgIpc) is 2.74. The van der Waals surface area contributed by atoms with Gasteiger partial charge in [-0.05, 0) is 13.0 Å². The number of aromatic nitrogens is 1. The van der Waals surface area contributed by atoms with E-state index in [4.69, 9.17) is 10.5 Å². The van der Waals surface area contributed by atoms with Crippen LogP contribution >= 0.6 is 11.3 Å². The molecule has 2 aromatic rings. The summed E-state index contributed by atoms with van der Waals surface area (Å²) in [7, 11) is 1.58. The number of ether oxygens (including phenoxy) is 1. The number of benzene rings is 1. The van der Waals surface area contributed by atoms with Crippen molar-refractivity contribution in [1.29, 1.82) is 0 Å². The van der Waals surface area contributed by atoms with E-state index in [1.807, 2.05) is 23.6 Å². The molecule has 0 aliphatic heterocycles. The lowest BCUT2D eigenvalue weighted by molar-refractivity contribution is 0.194. The van der Waals surface area contributed by atoms with Crippen LogP contribution in [0.3, 0.4) is 0 Å². The highest BCUT2D eigenvalue weighted by Crippen LogP contribution is 2.36. The highest BCUT2D eigenvalue weighted by atomic mass is 32.1. The summed E-state index contributed by atoms with van der Waals surface area (Å²) in [6.07, 6.45) is -0.583. The maximum atomic E-state index is 9.69. The van der Waals surface area contributed by atoms with Crippen LogP contribution in [0.5, 0.6) is 5.75 Å². The number of aliphatic hydroxyl groups is 1. The number of thiazole rings is 1. The molecule has 3 N–H and O–H groups in total. The molecule has 2 rings (SSSR count). The number of nitrogens with two attached hydrogens (primary N) is 1. The fraction of sp³-hybridized carbons (Fsp3) is 0.250. The van der Waals surface area contributed by atoms with Crippen molar-refractivity contribution >= 4 is 16.5 Å². The number of anilines is 1. The third kappa shape index (κ3) is 2.25. The van der Waals surface area contributed by atoms with Crippen LogP contribution in [0.1, 0.15) is 18.6 Å². The summed E-state index contributed by atoms with van der Waals surface area (Å²) in [4.78, 5) is 4.22. The standard InChI is InChI=1S/C12H14N2O2S/c1-7(15)8-4-3-5-9(11(8)16-2)10-6-17-12(13)14-10/h3-7,15H,1-2H3,(H2,13,14). The molecule has 90 valence electrons. The Labute approximate surface area is 104 Å². The van der Waals surface area contributed by atoms with Gasteiger partial charge in [0.2, 0.25) is 0 Å². The molecule has 1 heterocycles. The van der Waals surface area contributed by atoms with Gasteiger partial charge >= 0.3 is 0 Å². The van der Waals surface area contributed by atoms with Gasteiger partial charge in [-0.3, -0.25) is 0 Å². The van der Waals surface area contributed by atoms with Gasteiger partial charge in [-0.1, -0.05) is 12.1 Å². The normalized spacial score (nSPS) is 12.4. The van der Waals surface area contributed by atoms with Crippen LogP contribution in [0.25, 0.3) is 11.3 Å². The lowest BCUT2D eigenvalue weighted by Gasteiger charge is -2.14. The molecule has 1 aromatic carbocycles. The van der Waals surface area contributed by atoms with Gasteiger partial charge in [0, 0.05) is 16.5 Å². The van der Waals surface area contributed by atoms with Crippen molar-refractivity contribution in [2.75, 3.05) is 12.8 Å². The van der Waals surface area contributed by atoms with Gasteiger partial charge < -0.3 is 15.6 Å². The zero-order valence-electron chi connectivity index (χ0n) is 9.68. The molecular weight excluding hydrogens is 236 g/mol. The van der Waals surface area contributed by atoms with Crippen LogP contribution in [-0.2, 0) is 0 Å². The second-order valence-electron chi connectivity index (χ2n) is 3.68. The molecule has 0 amide bonds. The van der Waals surface area contributed by atoms with Crippen LogP contribution in [-0.4, -0.2) is 17.2 Å². The molecule has 1 aromatic heterocycles. The predicted molar refractivity (Wildman–Crippen MR) is 69.1 cm³/mol. The summed E-state index contributed by atoms with van der Waals surface area (Å²) in [5, 5.41) is 12.1. The van der Waals surface area contributed by atoms with Crippen LogP contribution in [0.15, 0.2) is 23.6 Å². The number of aliphatic hydroxyl groups excluding tert-OH is 1. The van der Waals surface area contributed by atoms with E-state index in [1.165, 1.54) is 11.3 Å². The molecule has 0 spiro atoms. The Hall–Kier alpha value is -1.59. The summed E-state index contributed by atoms with van der Waals surface area (Å²) in [5.74, 6) is 0.646. The summed E-state index contributed by atoms with van der Waals surface area (Å²) in [5.41, 5.74) is 7.99. The molecule has 0 fully saturated rings. The lowest BCUT2D eigenvalue weighted by atomic mass is 10.0. The van der Waals surface area contributed by atoms with Gasteiger partial charge in [-0.25, -0.2) is 4.98 Å². The van der Waals surface area contributed by atoms with Gasteiger partial charge in [0.05, 0.1) is 18.9 Å². The van der Waals surface area contributed by atoms with Gasteiger partial charge in [-0.2, -0.15) is 0 Å². The summed E-state index contributed by atoms with van der Waals surface area (Å²) >= 11 is 1.38. The average molecular weight is 250 g/mol. The fourth-order valence-electron chi connectivity index (χ4n) is 1.72. The first-order chi connectivity index (χ1) is 8.13. The van der Waals surface area contributed by atoms with Crippen molar-refractivity contribution in [1.82, 2.24) is 4.98 Å². The van der Waals surface area contributed by atoms with E-state index < -0.39 is 6.10 Å². The minimum absolute atomic E-state index is 0.518. The number of nitrogens with zero attached hydrogens (tertiary/aromatic N) is 1. The Bertz CT molecular complexity index is 523. The molecule has 0 saturated heterocycles. The summed E-state index contributed by atoms with van der Waals surface area (Å²) in [6.45, 7) is 1.71. The van der Waals surface area contributed by atoms with Crippen LogP contribution in [0.2, 0.25) is 0 Å². The zero-order chi connectivity index (χ0) is 12.4. The fourth-order valence-corrected chi connectivity index (χ4v) is 2.29. The highest BCUT2D eigenvalue weighted by Gasteiger charge is 2.15. The molecule has 5 heteroatoms. The number of hydrogen-bond donors (Lipinski definition) is 2. The van der Waals surface area contributed by atoms with Gasteiger partial charge in [0.1, 0.15) is 5.75 Å². The van der Waals surface area contributed by atoms with Gasteiger partial charge in [0.25, 0.3) is 0 Å². The summed E-state index contributed by atoms with van der Waals surface area (Å²) < 4.78 is 5.37. The first-order valence-corrected chi connectivity index (χ1v) is 6.07. The van der Waals surface area contributed by atoms with Crippen LogP contribution < -0.4 is 10.5 Å². The van der Waals surface area contributed by atoms with Crippen LogP contribution in [0.4, 0.5) is 5.13 Å². The second kappa shape index (κ2) is 4.73. The van der Waals surface area contributed by atoms with E-state index in [-0.39, 0.29) is 0 Å². The van der Waals surface area contributed by atoms with Crippen molar-refractivity contribution < 1.29 is 9.84 Å².